The Kier molecular flexibility index (Phi) is 3.15. The molecule has 2 atom stereocenters. The maximum Gasteiger partial charge on any atom is 0.310 e. The molecule has 0 amide bonds. The van der Waals surface area contributed by atoms with E-state index in [1.165, 1.54) is 5.56 Å². The zero-order chi connectivity index (χ0) is 12.5. The summed E-state index contributed by atoms with van der Waals surface area (Å²) in [5, 5.41) is 9.21. The number of hydrogen-bond donors (Lipinski definition) is 1. The molecule has 4 nitrogen and oxygen atoms in total. The molecule has 17 heavy (non-hydrogen) atoms. The number of nitrogens with zero attached hydrogens (tertiary/aromatic N) is 2. The van der Waals surface area contributed by atoms with Gasteiger partial charge in [-0.3, -0.25) is 14.7 Å². The van der Waals surface area contributed by atoms with Crippen LogP contribution in [0.4, 0.5) is 0 Å². The number of pyridine rings is 1. The van der Waals surface area contributed by atoms with E-state index in [0.717, 1.165) is 13.0 Å². The molecule has 1 fully saturated rings. The highest BCUT2D eigenvalue weighted by atomic mass is 16.4. The maximum atomic E-state index is 11.2. The summed E-state index contributed by atoms with van der Waals surface area (Å²) in [6, 6.07) is 4.22. The number of hydrogen-bond acceptors (Lipinski definition) is 3. The second kappa shape index (κ2) is 4.45. The Morgan fingerprint density at radius 1 is 1.53 bits per heavy atom. The van der Waals surface area contributed by atoms with Crippen molar-refractivity contribution in [1.29, 1.82) is 0 Å². The first kappa shape index (κ1) is 12.0. The Balaban J connectivity index is 2.09. The van der Waals surface area contributed by atoms with Crippen molar-refractivity contribution in [3.63, 3.8) is 0 Å². The van der Waals surface area contributed by atoms with E-state index in [9.17, 15) is 9.90 Å². The summed E-state index contributed by atoms with van der Waals surface area (Å²) in [6.07, 6.45) is 4.27. The molecule has 1 aliphatic heterocycles. The van der Waals surface area contributed by atoms with Gasteiger partial charge in [-0.15, -0.1) is 0 Å². The van der Waals surface area contributed by atoms with Gasteiger partial charge in [-0.1, -0.05) is 0 Å². The summed E-state index contributed by atoms with van der Waals surface area (Å²) < 4.78 is 0. The number of aliphatic carboxylic acids is 1. The lowest BCUT2D eigenvalue weighted by molar-refractivity contribution is -0.147. The largest absolute Gasteiger partial charge is 0.481 e. The smallest absolute Gasteiger partial charge is 0.310 e. The van der Waals surface area contributed by atoms with Crippen molar-refractivity contribution in [3.05, 3.63) is 30.1 Å². The lowest BCUT2D eigenvalue weighted by atomic mass is 9.90. The molecule has 0 bridgehead atoms. The number of likely N-dealkylation sites (tertiary alicyclic amines) is 1. The Morgan fingerprint density at radius 3 is 2.71 bits per heavy atom. The predicted molar refractivity (Wildman–Crippen MR) is 64.6 cm³/mol. The van der Waals surface area contributed by atoms with Crippen LogP contribution >= 0.6 is 0 Å². The van der Waals surface area contributed by atoms with Gasteiger partial charge in [0, 0.05) is 25.0 Å². The average Bonchev–Trinajstić information content (AvgIpc) is 2.74. The topological polar surface area (TPSA) is 53.4 Å². The van der Waals surface area contributed by atoms with E-state index >= 15 is 0 Å². The highest BCUT2D eigenvalue weighted by molar-refractivity contribution is 5.74. The quantitative estimate of drug-likeness (QED) is 0.868. The van der Waals surface area contributed by atoms with Crippen molar-refractivity contribution in [2.45, 2.75) is 26.3 Å². The second-order valence-electron chi connectivity index (χ2n) is 5.04. The molecular weight excluding hydrogens is 216 g/mol. The number of carboxylic acid groups (broad SMARTS) is 1. The van der Waals surface area contributed by atoms with Gasteiger partial charge in [-0.05, 0) is 44.5 Å². The molecule has 0 aromatic carbocycles. The Morgan fingerprint density at radius 2 is 2.18 bits per heavy atom. The van der Waals surface area contributed by atoms with E-state index in [1.54, 1.807) is 12.4 Å². The minimum absolute atomic E-state index is 0.249. The van der Waals surface area contributed by atoms with Crippen LogP contribution in [0.25, 0.3) is 0 Å². The lowest BCUT2D eigenvalue weighted by Gasteiger charge is -2.26. The van der Waals surface area contributed by atoms with E-state index in [4.69, 9.17) is 0 Å². The molecule has 1 saturated heterocycles. The van der Waals surface area contributed by atoms with Gasteiger partial charge in [0.05, 0.1) is 5.41 Å². The van der Waals surface area contributed by atoms with Gasteiger partial charge in [0.2, 0.25) is 0 Å². The fraction of sp³-hybridized carbons (Fsp3) is 0.538. The molecule has 0 saturated carbocycles. The molecule has 4 heteroatoms. The molecule has 0 spiro atoms. The minimum Gasteiger partial charge on any atom is -0.481 e. The minimum atomic E-state index is -0.693. The van der Waals surface area contributed by atoms with E-state index in [-0.39, 0.29) is 6.04 Å². The van der Waals surface area contributed by atoms with Crippen molar-refractivity contribution >= 4 is 5.97 Å². The molecule has 1 N–H and O–H groups in total. The van der Waals surface area contributed by atoms with Gasteiger partial charge in [0.15, 0.2) is 0 Å². The van der Waals surface area contributed by atoms with Crippen LogP contribution in [0.15, 0.2) is 24.5 Å². The summed E-state index contributed by atoms with van der Waals surface area (Å²) in [7, 11) is 0. The van der Waals surface area contributed by atoms with E-state index < -0.39 is 11.4 Å². The summed E-state index contributed by atoms with van der Waals surface area (Å²) in [5.41, 5.74) is 0.594. The van der Waals surface area contributed by atoms with Gasteiger partial charge in [0.25, 0.3) is 0 Å². The predicted octanol–water partition coefficient (Wildman–Crippen LogP) is 1.94. The standard InChI is InChI=1S/C13H18N2O2/c1-10(11-3-6-14-7-4-11)15-8-5-13(2,9-15)12(16)17/h3-4,6-7,10H,5,8-9H2,1-2H3,(H,16,17). The zero-order valence-electron chi connectivity index (χ0n) is 10.3. The first-order valence-electron chi connectivity index (χ1n) is 5.90. The van der Waals surface area contributed by atoms with Gasteiger partial charge >= 0.3 is 5.97 Å². The van der Waals surface area contributed by atoms with Crippen LogP contribution in [0.1, 0.15) is 31.9 Å². The van der Waals surface area contributed by atoms with Crippen LogP contribution < -0.4 is 0 Å². The Labute approximate surface area is 101 Å². The molecule has 2 heterocycles. The van der Waals surface area contributed by atoms with Crippen LogP contribution in [-0.4, -0.2) is 34.0 Å². The highest BCUT2D eigenvalue weighted by Gasteiger charge is 2.41. The monoisotopic (exact) mass is 234 g/mol. The van der Waals surface area contributed by atoms with Crippen LogP contribution in [0.3, 0.4) is 0 Å². The van der Waals surface area contributed by atoms with Crippen molar-refractivity contribution in [3.8, 4) is 0 Å². The molecule has 1 aromatic rings. The molecule has 2 unspecified atom stereocenters. The zero-order valence-corrected chi connectivity index (χ0v) is 10.3. The van der Waals surface area contributed by atoms with E-state index in [1.807, 2.05) is 19.1 Å². The molecule has 1 aliphatic rings. The molecule has 2 rings (SSSR count). The van der Waals surface area contributed by atoms with Crippen LogP contribution in [-0.2, 0) is 4.79 Å². The number of carbonyl (C=O) groups is 1. The fourth-order valence-electron chi connectivity index (χ4n) is 2.35. The van der Waals surface area contributed by atoms with E-state index in [0.29, 0.717) is 6.54 Å². The van der Waals surface area contributed by atoms with Crippen molar-refractivity contribution in [2.75, 3.05) is 13.1 Å². The molecule has 1 aromatic heterocycles. The molecule has 92 valence electrons. The maximum absolute atomic E-state index is 11.2. The third kappa shape index (κ3) is 2.31. The van der Waals surface area contributed by atoms with Crippen molar-refractivity contribution in [1.82, 2.24) is 9.88 Å². The highest BCUT2D eigenvalue weighted by Crippen LogP contribution is 2.35. The molecule has 0 aliphatic carbocycles. The van der Waals surface area contributed by atoms with Gasteiger partial charge in [-0.25, -0.2) is 0 Å². The van der Waals surface area contributed by atoms with Crippen molar-refractivity contribution < 1.29 is 9.90 Å². The van der Waals surface area contributed by atoms with Crippen LogP contribution in [0.5, 0.6) is 0 Å². The van der Waals surface area contributed by atoms with Crippen LogP contribution in [0, 0.1) is 5.41 Å². The summed E-state index contributed by atoms with van der Waals surface area (Å²) in [6.45, 7) is 5.40. The normalized spacial score (nSPS) is 26.9. The summed E-state index contributed by atoms with van der Waals surface area (Å²) >= 11 is 0. The van der Waals surface area contributed by atoms with Gasteiger partial charge in [-0.2, -0.15) is 0 Å². The molecule has 0 radical (unpaired) electrons. The summed E-state index contributed by atoms with van der Waals surface area (Å²) in [5.74, 6) is -0.693. The third-order valence-corrected chi connectivity index (χ3v) is 3.76. The van der Waals surface area contributed by atoms with Crippen LogP contribution in [0.2, 0.25) is 0 Å². The van der Waals surface area contributed by atoms with Crippen molar-refractivity contribution in [2.24, 2.45) is 5.41 Å². The molecular formula is C13H18N2O2. The second-order valence-corrected chi connectivity index (χ2v) is 5.04. The Hall–Kier alpha value is -1.42. The lowest BCUT2D eigenvalue weighted by Crippen LogP contribution is -2.32. The average molecular weight is 234 g/mol. The first-order chi connectivity index (χ1) is 8.03. The number of carboxylic acids is 1. The first-order valence-corrected chi connectivity index (χ1v) is 5.90. The van der Waals surface area contributed by atoms with Gasteiger partial charge in [0.1, 0.15) is 0 Å². The van der Waals surface area contributed by atoms with E-state index in [2.05, 4.69) is 16.8 Å². The van der Waals surface area contributed by atoms with Gasteiger partial charge < -0.3 is 5.11 Å². The Bertz CT molecular complexity index is 407. The summed E-state index contributed by atoms with van der Waals surface area (Å²) in [4.78, 5) is 17.4. The number of rotatable bonds is 3. The fourth-order valence-corrected chi connectivity index (χ4v) is 2.35. The third-order valence-electron chi connectivity index (χ3n) is 3.76. The number of aromatic nitrogens is 1. The SMILES string of the molecule is CC(c1ccncc1)N1CCC(C)(C(=O)O)C1.